The number of nitrogens with one attached hydrogen (secondary N) is 2. The molecule has 1 aliphatic carbocycles. The van der Waals surface area contributed by atoms with Crippen molar-refractivity contribution in [2.45, 2.75) is 30.2 Å². The summed E-state index contributed by atoms with van der Waals surface area (Å²) in [5.74, 6) is -0.163. The van der Waals surface area contributed by atoms with Gasteiger partial charge in [-0.05, 0) is 60.7 Å². The second kappa shape index (κ2) is 7.54. The molecular formula is C25H23FN2O2S. The molecule has 2 N–H and O–H groups in total. The summed E-state index contributed by atoms with van der Waals surface area (Å²) in [6, 6.07) is 19.6. The van der Waals surface area contributed by atoms with Crippen molar-refractivity contribution in [2.24, 2.45) is 5.92 Å². The van der Waals surface area contributed by atoms with E-state index in [1.54, 1.807) is 18.2 Å². The Bertz CT molecular complexity index is 1270. The third-order valence-electron chi connectivity index (χ3n) is 6.20. The van der Waals surface area contributed by atoms with Crippen molar-refractivity contribution >= 4 is 21.4 Å². The fraction of sp³-hybridized carbons (Fsp3) is 0.200. The van der Waals surface area contributed by atoms with Crippen molar-refractivity contribution in [2.75, 3.05) is 10.0 Å². The molecule has 0 unspecified atom stereocenters. The van der Waals surface area contributed by atoms with E-state index in [0.29, 0.717) is 5.92 Å². The predicted molar refractivity (Wildman–Crippen MR) is 121 cm³/mol. The summed E-state index contributed by atoms with van der Waals surface area (Å²) in [6.07, 6.45) is 5.28. The Kier molecular flexibility index (Phi) is 4.82. The van der Waals surface area contributed by atoms with Crippen molar-refractivity contribution in [3.63, 3.8) is 0 Å². The monoisotopic (exact) mass is 434 g/mol. The van der Waals surface area contributed by atoms with Crippen LogP contribution < -0.4 is 10.0 Å². The van der Waals surface area contributed by atoms with Crippen LogP contribution in [0.5, 0.6) is 0 Å². The lowest BCUT2D eigenvalue weighted by molar-refractivity contribution is 0.425. The smallest absolute Gasteiger partial charge is 0.261 e. The molecule has 31 heavy (non-hydrogen) atoms. The van der Waals surface area contributed by atoms with Gasteiger partial charge in [-0.3, -0.25) is 4.72 Å². The number of fused-ring (bicyclic) bond motifs is 3. The minimum atomic E-state index is -3.91. The first kappa shape index (κ1) is 19.8. The molecule has 3 aromatic rings. The number of benzene rings is 3. The number of halogens is 1. The molecule has 1 aliphatic heterocycles. The predicted octanol–water partition coefficient (Wildman–Crippen LogP) is 5.76. The van der Waals surface area contributed by atoms with Gasteiger partial charge in [0.05, 0.1) is 16.6 Å². The maximum absolute atomic E-state index is 14.0. The standard InChI is InChI=1S/C25H23FN2O2S/c1-16-9-11-17(12-10-16)25-20-6-4-5-19(20)21-15-18(13-14-23(21)27-25)31(29,30)28-24-8-3-2-7-22(24)26/h2-5,7-15,19-20,25,27-28H,6H2,1H3/t19-,20+,25+/m0/s1. The van der Waals surface area contributed by atoms with Crippen LogP contribution >= 0.6 is 0 Å². The Morgan fingerprint density at radius 2 is 1.81 bits per heavy atom. The molecular weight excluding hydrogens is 411 g/mol. The third-order valence-corrected chi connectivity index (χ3v) is 7.56. The van der Waals surface area contributed by atoms with E-state index >= 15 is 0 Å². The van der Waals surface area contributed by atoms with Gasteiger partial charge in [-0.1, -0.05) is 54.1 Å². The lowest BCUT2D eigenvalue weighted by Crippen LogP contribution is -2.29. The topological polar surface area (TPSA) is 58.2 Å². The van der Waals surface area contributed by atoms with Crippen LogP contribution in [0.25, 0.3) is 0 Å². The summed E-state index contributed by atoms with van der Waals surface area (Å²) in [6.45, 7) is 2.07. The third kappa shape index (κ3) is 3.61. The van der Waals surface area contributed by atoms with Crippen molar-refractivity contribution in [1.82, 2.24) is 0 Å². The summed E-state index contributed by atoms with van der Waals surface area (Å²) in [4.78, 5) is 0.129. The quantitative estimate of drug-likeness (QED) is 0.513. The Hall–Kier alpha value is -3.12. The summed E-state index contributed by atoms with van der Waals surface area (Å²) in [5.41, 5.74) is 4.28. The molecule has 4 nitrogen and oxygen atoms in total. The Balaban J connectivity index is 1.50. The number of rotatable bonds is 4. The molecule has 0 fully saturated rings. The average molecular weight is 435 g/mol. The molecule has 0 spiro atoms. The highest BCUT2D eigenvalue weighted by Crippen LogP contribution is 2.50. The second-order valence-electron chi connectivity index (χ2n) is 8.22. The van der Waals surface area contributed by atoms with Gasteiger partial charge >= 0.3 is 0 Å². The van der Waals surface area contributed by atoms with Crippen LogP contribution in [0.4, 0.5) is 15.8 Å². The van der Waals surface area contributed by atoms with Gasteiger partial charge in [0.2, 0.25) is 0 Å². The molecule has 0 aromatic heterocycles. The Morgan fingerprint density at radius 1 is 1.03 bits per heavy atom. The SMILES string of the molecule is Cc1ccc([C@H]2Nc3ccc(S(=O)(=O)Nc4ccccc4F)cc3[C@H]3C=CC[C@H]32)cc1. The first-order valence-corrected chi connectivity index (χ1v) is 11.8. The van der Waals surface area contributed by atoms with E-state index in [9.17, 15) is 12.8 Å². The van der Waals surface area contributed by atoms with Crippen LogP contribution in [0.1, 0.15) is 35.1 Å². The van der Waals surface area contributed by atoms with E-state index < -0.39 is 15.8 Å². The van der Waals surface area contributed by atoms with Crippen molar-refractivity contribution in [1.29, 1.82) is 0 Å². The van der Waals surface area contributed by atoms with Gasteiger partial charge in [0.15, 0.2) is 0 Å². The molecule has 158 valence electrons. The van der Waals surface area contributed by atoms with Crippen LogP contribution in [-0.4, -0.2) is 8.42 Å². The van der Waals surface area contributed by atoms with Crippen molar-refractivity contribution in [3.05, 3.63) is 101 Å². The highest BCUT2D eigenvalue weighted by molar-refractivity contribution is 7.92. The molecule has 3 atom stereocenters. The van der Waals surface area contributed by atoms with Gasteiger partial charge in [-0.15, -0.1) is 0 Å². The molecule has 6 heteroatoms. The summed E-state index contributed by atoms with van der Waals surface area (Å²) < 4.78 is 42.2. The van der Waals surface area contributed by atoms with Gasteiger partial charge in [-0.2, -0.15) is 0 Å². The second-order valence-corrected chi connectivity index (χ2v) is 9.90. The highest BCUT2D eigenvalue weighted by atomic mass is 32.2. The van der Waals surface area contributed by atoms with E-state index in [4.69, 9.17) is 0 Å². The fourth-order valence-corrected chi connectivity index (χ4v) is 5.69. The minimum Gasteiger partial charge on any atom is -0.378 e. The molecule has 2 aliphatic rings. The largest absolute Gasteiger partial charge is 0.378 e. The molecule has 0 saturated carbocycles. The lowest BCUT2D eigenvalue weighted by Gasteiger charge is -2.37. The Morgan fingerprint density at radius 3 is 2.58 bits per heavy atom. The van der Waals surface area contributed by atoms with E-state index in [0.717, 1.165) is 17.7 Å². The number of anilines is 2. The van der Waals surface area contributed by atoms with Crippen LogP contribution in [-0.2, 0) is 10.0 Å². The van der Waals surface area contributed by atoms with Crippen LogP contribution in [0.15, 0.2) is 83.8 Å². The number of hydrogen-bond donors (Lipinski definition) is 2. The zero-order valence-electron chi connectivity index (χ0n) is 17.0. The van der Waals surface area contributed by atoms with E-state index in [2.05, 4.69) is 53.4 Å². The fourth-order valence-electron chi connectivity index (χ4n) is 4.59. The van der Waals surface area contributed by atoms with Gasteiger partial charge in [0.1, 0.15) is 5.82 Å². The number of hydrogen-bond acceptors (Lipinski definition) is 3. The molecule has 5 rings (SSSR count). The summed E-state index contributed by atoms with van der Waals surface area (Å²) >= 11 is 0. The molecule has 0 amide bonds. The number of aryl methyl sites for hydroxylation is 1. The molecule has 0 saturated heterocycles. The molecule has 3 aromatic carbocycles. The number of sulfonamides is 1. The minimum absolute atomic E-state index is 0.0589. The summed E-state index contributed by atoms with van der Waals surface area (Å²) in [5, 5.41) is 3.63. The number of para-hydroxylation sites is 1. The molecule has 0 radical (unpaired) electrons. The Labute approximate surface area is 181 Å². The van der Waals surface area contributed by atoms with E-state index in [-0.39, 0.29) is 22.5 Å². The van der Waals surface area contributed by atoms with Gasteiger partial charge < -0.3 is 5.32 Å². The molecule has 1 heterocycles. The van der Waals surface area contributed by atoms with Gasteiger partial charge in [0, 0.05) is 11.6 Å². The van der Waals surface area contributed by atoms with E-state index in [1.165, 1.54) is 29.3 Å². The van der Waals surface area contributed by atoms with Crippen molar-refractivity contribution < 1.29 is 12.8 Å². The van der Waals surface area contributed by atoms with Crippen molar-refractivity contribution in [3.8, 4) is 0 Å². The maximum atomic E-state index is 14.0. The normalized spacial score (nSPS) is 21.8. The first-order chi connectivity index (χ1) is 14.9. The molecule has 0 bridgehead atoms. The first-order valence-electron chi connectivity index (χ1n) is 10.3. The lowest BCUT2D eigenvalue weighted by atomic mass is 9.77. The summed E-state index contributed by atoms with van der Waals surface area (Å²) in [7, 11) is -3.91. The van der Waals surface area contributed by atoms with Crippen LogP contribution in [0.3, 0.4) is 0 Å². The van der Waals surface area contributed by atoms with Crippen LogP contribution in [0, 0.1) is 18.7 Å². The maximum Gasteiger partial charge on any atom is 0.261 e. The van der Waals surface area contributed by atoms with Crippen LogP contribution in [0.2, 0.25) is 0 Å². The van der Waals surface area contributed by atoms with E-state index in [1.807, 2.05) is 6.07 Å². The average Bonchev–Trinajstić information content (AvgIpc) is 3.25. The zero-order chi connectivity index (χ0) is 21.6. The number of allylic oxidation sites excluding steroid dienone is 2. The van der Waals surface area contributed by atoms with Gasteiger partial charge in [-0.25, -0.2) is 12.8 Å². The highest BCUT2D eigenvalue weighted by Gasteiger charge is 2.38. The zero-order valence-corrected chi connectivity index (χ0v) is 17.9. The van der Waals surface area contributed by atoms with Gasteiger partial charge in [0.25, 0.3) is 10.0 Å².